The second kappa shape index (κ2) is 8.47. The molecular weight excluding hydrogens is 348 g/mol. The maximum Gasteiger partial charge on any atom is 0.238 e. The zero-order valence-corrected chi connectivity index (χ0v) is 15.6. The van der Waals surface area contributed by atoms with E-state index < -0.39 is 0 Å². The third kappa shape index (κ3) is 4.51. The van der Waals surface area contributed by atoms with Gasteiger partial charge in [0.05, 0.1) is 12.2 Å². The molecule has 26 heavy (non-hydrogen) atoms. The molecule has 0 unspecified atom stereocenters. The second-order valence-corrected chi connectivity index (χ2v) is 7.18. The van der Waals surface area contributed by atoms with Crippen LogP contribution < -0.4 is 5.32 Å². The number of hydrogen-bond donors (Lipinski definition) is 1. The molecule has 4 nitrogen and oxygen atoms in total. The summed E-state index contributed by atoms with van der Waals surface area (Å²) in [4.78, 5) is 27.5. The number of hydrogen-bond acceptors (Lipinski definition) is 3. The SMILES string of the molecule is C[C@@H]1CCCCN1CC(=O)Nc1ccc(Cl)cc1C(=O)c1ccccc1. The van der Waals surface area contributed by atoms with Crippen LogP contribution in [-0.4, -0.2) is 35.7 Å². The molecule has 136 valence electrons. The highest BCUT2D eigenvalue weighted by Gasteiger charge is 2.22. The van der Waals surface area contributed by atoms with Gasteiger partial charge in [-0.15, -0.1) is 0 Å². The Bertz CT molecular complexity index is 792. The van der Waals surface area contributed by atoms with E-state index in [9.17, 15) is 9.59 Å². The van der Waals surface area contributed by atoms with Gasteiger partial charge in [-0.1, -0.05) is 48.4 Å². The normalized spacial score (nSPS) is 17.7. The van der Waals surface area contributed by atoms with Gasteiger partial charge in [-0.3, -0.25) is 14.5 Å². The minimum atomic E-state index is -0.158. The zero-order valence-electron chi connectivity index (χ0n) is 14.9. The van der Waals surface area contributed by atoms with Crippen molar-refractivity contribution >= 4 is 29.0 Å². The van der Waals surface area contributed by atoms with Crippen molar-refractivity contribution in [3.8, 4) is 0 Å². The number of carbonyl (C=O) groups excluding carboxylic acids is 2. The van der Waals surface area contributed by atoms with Crippen molar-refractivity contribution in [3.05, 3.63) is 64.7 Å². The van der Waals surface area contributed by atoms with Gasteiger partial charge < -0.3 is 5.32 Å². The summed E-state index contributed by atoms with van der Waals surface area (Å²) in [6.45, 7) is 3.42. The van der Waals surface area contributed by atoms with Crippen LogP contribution in [0.15, 0.2) is 48.5 Å². The van der Waals surface area contributed by atoms with Gasteiger partial charge in [-0.25, -0.2) is 0 Å². The Kier molecular flexibility index (Phi) is 6.07. The van der Waals surface area contributed by atoms with Crippen LogP contribution in [0.5, 0.6) is 0 Å². The van der Waals surface area contributed by atoms with Crippen LogP contribution in [0.1, 0.15) is 42.1 Å². The number of ketones is 1. The van der Waals surface area contributed by atoms with Gasteiger partial charge in [0.1, 0.15) is 0 Å². The summed E-state index contributed by atoms with van der Waals surface area (Å²) in [7, 11) is 0. The summed E-state index contributed by atoms with van der Waals surface area (Å²) in [5.41, 5.74) is 1.47. The molecule has 1 fully saturated rings. The van der Waals surface area contributed by atoms with Crippen LogP contribution >= 0.6 is 11.6 Å². The predicted molar refractivity (Wildman–Crippen MR) is 105 cm³/mol. The van der Waals surface area contributed by atoms with Crippen LogP contribution in [0.25, 0.3) is 0 Å². The highest BCUT2D eigenvalue weighted by atomic mass is 35.5. The molecule has 1 N–H and O–H groups in total. The summed E-state index contributed by atoms with van der Waals surface area (Å²) in [6, 6.07) is 14.4. The monoisotopic (exact) mass is 370 g/mol. The molecular formula is C21H23ClN2O2. The Labute approximate surface area is 159 Å². The molecule has 2 aromatic carbocycles. The Hall–Kier alpha value is -2.17. The van der Waals surface area contributed by atoms with Gasteiger partial charge in [0.2, 0.25) is 5.91 Å². The third-order valence-corrected chi connectivity index (χ3v) is 5.06. The summed E-state index contributed by atoms with van der Waals surface area (Å²) in [6.07, 6.45) is 3.45. The number of likely N-dealkylation sites (tertiary alicyclic amines) is 1. The summed E-state index contributed by atoms with van der Waals surface area (Å²) < 4.78 is 0. The molecule has 0 radical (unpaired) electrons. The molecule has 1 saturated heterocycles. The van der Waals surface area contributed by atoms with Gasteiger partial charge in [0.15, 0.2) is 5.78 Å². The molecule has 0 saturated carbocycles. The Balaban J connectivity index is 1.77. The van der Waals surface area contributed by atoms with E-state index in [1.54, 1.807) is 30.3 Å². The van der Waals surface area contributed by atoms with Crippen molar-refractivity contribution in [2.45, 2.75) is 32.2 Å². The number of rotatable bonds is 5. The van der Waals surface area contributed by atoms with Gasteiger partial charge in [-0.05, 0) is 44.5 Å². The minimum absolute atomic E-state index is 0.108. The van der Waals surface area contributed by atoms with Gasteiger partial charge in [0.25, 0.3) is 0 Å². The first-order valence-corrected chi connectivity index (χ1v) is 9.35. The zero-order chi connectivity index (χ0) is 18.5. The van der Waals surface area contributed by atoms with Crippen LogP contribution in [0.4, 0.5) is 5.69 Å². The van der Waals surface area contributed by atoms with Crippen LogP contribution in [0, 0.1) is 0 Å². The number of carbonyl (C=O) groups is 2. The lowest BCUT2D eigenvalue weighted by molar-refractivity contribution is -0.118. The number of amides is 1. The van der Waals surface area contributed by atoms with E-state index >= 15 is 0 Å². The summed E-state index contributed by atoms with van der Waals surface area (Å²) >= 11 is 6.09. The van der Waals surface area contributed by atoms with Crippen molar-refractivity contribution in [2.75, 3.05) is 18.4 Å². The predicted octanol–water partition coefficient (Wildman–Crippen LogP) is 4.38. The molecule has 0 aliphatic carbocycles. The lowest BCUT2D eigenvalue weighted by Crippen LogP contribution is -2.42. The maximum atomic E-state index is 12.8. The van der Waals surface area contributed by atoms with Crippen molar-refractivity contribution in [2.24, 2.45) is 0 Å². The fourth-order valence-electron chi connectivity index (χ4n) is 3.33. The number of nitrogens with one attached hydrogen (secondary N) is 1. The van der Waals surface area contributed by atoms with Gasteiger partial charge in [0, 0.05) is 22.2 Å². The molecule has 0 bridgehead atoms. The highest BCUT2D eigenvalue weighted by Crippen LogP contribution is 2.24. The largest absolute Gasteiger partial charge is 0.324 e. The minimum Gasteiger partial charge on any atom is -0.324 e. The van der Waals surface area contributed by atoms with Crippen molar-refractivity contribution in [3.63, 3.8) is 0 Å². The van der Waals surface area contributed by atoms with Crippen molar-refractivity contribution < 1.29 is 9.59 Å². The third-order valence-electron chi connectivity index (χ3n) is 4.82. The first-order valence-electron chi connectivity index (χ1n) is 8.98. The Morgan fingerprint density at radius 2 is 1.92 bits per heavy atom. The van der Waals surface area contributed by atoms with E-state index in [4.69, 9.17) is 11.6 Å². The number of anilines is 1. The van der Waals surface area contributed by atoms with E-state index in [0.717, 1.165) is 19.4 Å². The Morgan fingerprint density at radius 1 is 1.15 bits per heavy atom. The molecule has 0 spiro atoms. The standard InChI is InChI=1S/C21H23ClN2O2/c1-15-7-5-6-12-24(15)14-20(25)23-19-11-10-17(22)13-18(19)21(26)16-8-3-2-4-9-16/h2-4,8-11,13,15H,5-7,12,14H2,1H3,(H,23,25)/t15-/m1/s1. The fourth-order valence-corrected chi connectivity index (χ4v) is 3.50. The first kappa shape index (κ1) is 18.6. The average Bonchev–Trinajstić information content (AvgIpc) is 2.65. The highest BCUT2D eigenvalue weighted by molar-refractivity contribution is 6.31. The first-order chi connectivity index (χ1) is 12.5. The summed E-state index contributed by atoms with van der Waals surface area (Å²) in [5, 5.41) is 3.36. The van der Waals surface area contributed by atoms with Crippen LogP contribution in [0.2, 0.25) is 5.02 Å². The molecule has 5 heteroatoms. The van der Waals surface area contributed by atoms with Gasteiger partial charge in [-0.2, -0.15) is 0 Å². The molecule has 1 heterocycles. The van der Waals surface area contributed by atoms with Gasteiger partial charge >= 0.3 is 0 Å². The maximum absolute atomic E-state index is 12.8. The fraction of sp³-hybridized carbons (Fsp3) is 0.333. The van der Waals surface area contributed by atoms with E-state index in [2.05, 4.69) is 17.1 Å². The quantitative estimate of drug-likeness (QED) is 0.794. The van der Waals surface area contributed by atoms with Crippen LogP contribution in [-0.2, 0) is 4.79 Å². The van der Waals surface area contributed by atoms with E-state index in [-0.39, 0.29) is 11.7 Å². The number of piperidine rings is 1. The van der Waals surface area contributed by atoms with E-state index in [0.29, 0.717) is 34.4 Å². The molecule has 1 aliphatic heterocycles. The smallest absolute Gasteiger partial charge is 0.238 e. The second-order valence-electron chi connectivity index (χ2n) is 6.75. The molecule has 3 rings (SSSR count). The number of nitrogens with zero attached hydrogens (tertiary/aromatic N) is 1. The van der Waals surface area contributed by atoms with E-state index in [1.165, 1.54) is 6.42 Å². The molecule has 1 atom stereocenters. The van der Waals surface area contributed by atoms with Crippen molar-refractivity contribution in [1.29, 1.82) is 0 Å². The topological polar surface area (TPSA) is 49.4 Å². The Morgan fingerprint density at radius 3 is 2.65 bits per heavy atom. The van der Waals surface area contributed by atoms with Crippen LogP contribution in [0.3, 0.4) is 0 Å². The van der Waals surface area contributed by atoms with Crippen molar-refractivity contribution in [1.82, 2.24) is 4.90 Å². The number of benzene rings is 2. The lowest BCUT2D eigenvalue weighted by Gasteiger charge is -2.32. The molecule has 1 amide bonds. The van der Waals surface area contributed by atoms with E-state index in [1.807, 2.05) is 18.2 Å². The number of halogens is 1. The molecule has 1 aliphatic rings. The summed E-state index contributed by atoms with van der Waals surface area (Å²) in [5.74, 6) is -0.266. The lowest BCUT2D eigenvalue weighted by atomic mass is 10.0. The average molecular weight is 371 g/mol. The molecule has 0 aromatic heterocycles. The molecule has 2 aromatic rings.